The van der Waals surface area contributed by atoms with E-state index in [4.69, 9.17) is 23.2 Å². The van der Waals surface area contributed by atoms with Crippen LogP contribution in [0.1, 0.15) is 0 Å². The first-order valence-electron chi connectivity index (χ1n) is 4.57. The molecule has 0 aliphatic rings. The van der Waals surface area contributed by atoms with Gasteiger partial charge in [-0.25, -0.2) is 9.67 Å². The number of aryl methyl sites for hydroxylation is 1. The van der Waals surface area contributed by atoms with E-state index in [1.807, 2.05) is 0 Å². The van der Waals surface area contributed by atoms with Gasteiger partial charge in [0, 0.05) is 13.1 Å². The summed E-state index contributed by atoms with van der Waals surface area (Å²) in [5.74, 6) is -0.0573. The zero-order valence-corrected chi connectivity index (χ0v) is 13.1. The smallest absolute Gasteiger partial charge is 0.262 e. The molecule has 0 aliphatic carbocycles. The van der Waals surface area contributed by atoms with E-state index in [1.54, 1.807) is 0 Å². The minimum Gasteiger partial charge on any atom is -0.262 e. The molecule has 0 bridgehead atoms. The summed E-state index contributed by atoms with van der Waals surface area (Å²) in [6, 6.07) is 1.22. The second kappa shape index (κ2) is 5.19. The van der Waals surface area contributed by atoms with Crippen molar-refractivity contribution in [1.82, 2.24) is 25.0 Å². The molecule has 19 heavy (non-hydrogen) atoms. The highest BCUT2D eigenvalue weighted by Gasteiger charge is 2.24. The molecule has 0 aliphatic heterocycles. The van der Waals surface area contributed by atoms with Crippen LogP contribution in [0.15, 0.2) is 15.7 Å². The van der Waals surface area contributed by atoms with Gasteiger partial charge in [-0.15, -0.1) is 5.10 Å². The molecule has 2 rings (SSSR count). The lowest BCUT2D eigenvalue weighted by atomic mass is 10.6. The van der Waals surface area contributed by atoms with Crippen LogP contribution in [-0.2, 0) is 17.1 Å². The van der Waals surface area contributed by atoms with Crippen LogP contribution in [0, 0.1) is 0 Å². The Labute approximate surface area is 126 Å². The van der Waals surface area contributed by atoms with Crippen molar-refractivity contribution in [3.8, 4) is 0 Å². The first-order valence-corrected chi connectivity index (χ1v) is 7.61. The molecule has 0 fully saturated rings. The molecule has 0 saturated heterocycles. The van der Waals surface area contributed by atoms with Gasteiger partial charge in [-0.2, -0.15) is 13.4 Å². The van der Waals surface area contributed by atoms with Crippen LogP contribution in [-0.4, -0.2) is 33.4 Å². The van der Waals surface area contributed by atoms with Crippen LogP contribution < -0.4 is 4.72 Å². The van der Waals surface area contributed by atoms with E-state index in [9.17, 15) is 8.42 Å². The van der Waals surface area contributed by atoms with Crippen LogP contribution in [0.5, 0.6) is 0 Å². The van der Waals surface area contributed by atoms with Gasteiger partial charge in [-0.05, 0) is 27.5 Å². The molecule has 0 atom stereocenters. The van der Waals surface area contributed by atoms with E-state index in [-0.39, 0.29) is 25.9 Å². The van der Waals surface area contributed by atoms with E-state index in [0.717, 1.165) is 4.68 Å². The van der Waals surface area contributed by atoms with Crippen molar-refractivity contribution < 1.29 is 8.42 Å². The van der Waals surface area contributed by atoms with Crippen molar-refractivity contribution in [2.24, 2.45) is 7.05 Å². The van der Waals surface area contributed by atoms with Gasteiger partial charge < -0.3 is 0 Å². The summed E-state index contributed by atoms with van der Waals surface area (Å²) < 4.78 is 27.7. The van der Waals surface area contributed by atoms with Gasteiger partial charge in [0.2, 0.25) is 10.3 Å². The Hall–Kier alpha value is -0.970. The lowest BCUT2D eigenvalue weighted by molar-refractivity contribution is 0.578. The van der Waals surface area contributed by atoms with Crippen molar-refractivity contribution >= 4 is 55.0 Å². The number of hydrogen-bond donors (Lipinski definition) is 1. The molecule has 102 valence electrons. The Kier molecular flexibility index (Phi) is 3.95. The average Bonchev–Trinajstić information content (AvgIpc) is 2.56. The predicted octanol–water partition coefficient (Wildman–Crippen LogP) is 1.48. The number of nitrogens with zero attached hydrogens (tertiary/aromatic N) is 5. The molecule has 1 N–H and O–H groups in total. The molecule has 0 saturated carbocycles. The number of nitrogens with one attached hydrogen (secondary N) is 1. The Morgan fingerprint density at radius 1 is 1.37 bits per heavy atom. The summed E-state index contributed by atoms with van der Waals surface area (Å²) in [6.45, 7) is 0. The maximum atomic E-state index is 12.1. The highest BCUT2D eigenvalue weighted by Crippen LogP contribution is 2.22. The average molecular weight is 388 g/mol. The van der Waals surface area contributed by atoms with Gasteiger partial charge in [-0.3, -0.25) is 4.72 Å². The Morgan fingerprint density at radius 3 is 2.58 bits per heavy atom. The lowest BCUT2D eigenvalue weighted by Crippen LogP contribution is -2.18. The molecule has 0 radical (unpaired) electrons. The van der Waals surface area contributed by atoms with Crippen molar-refractivity contribution in [2.45, 2.75) is 5.03 Å². The van der Waals surface area contributed by atoms with E-state index < -0.39 is 10.0 Å². The van der Waals surface area contributed by atoms with Crippen LogP contribution >= 0.6 is 39.1 Å². The minimum absolute atomic E-state index is 0.0138. The molecule has 0 aromatic carbocycles. The van der Waals surface area contributed by atoms with Gasteiger partial charge in [-0.1, -0.05) is 16.8 Å². The van der Waals surface area contributed by atoms with E-state index >= 15 is 0 Å². The molecule has 2 aromatic heterocycles. The first kappa shape index (κ1) is 14.4. The minimum atomic E-state index is -3.93. The molecule has 0 unspecified atom stereocenters. The molecule has 2 heterocycles. The molecular weight excluding hydrogens is 383 g/mol. The number of hydrogen-bond acceptors (Lipinski definition) is 6. The van der Waals surface area contributed by atoms with Gasteiger partial charge >= 0.3 is 0 Å². The van der Waals surface area contributed by atoms with Crippen LogP contribution in [0.4, 0.5) is 5.82 Å². The van der Waals surface area contributed by atoms with Gasteiger partial charge in [0.15, 0.2) is 4.60 Å². The summed E-state index contributed by atoms with van der Waals surface area (Å²) in [7, 11) is -2.49. The Balaban J connectivity index is 2.42. The zero-order chi connectivity index (χ0) is 14.2. The van der Waals surface area contributed by atoms with Crippen LogP contribution in [0.2, 0.25) is 10.4 Å². The number of sulfonamides is 1. The highest BCUT2D eigenvalue weighted by atomic mass is 79.9. The van der Waals surface area contributed by atoms with E-state index in [1.165, 1.54) is 13.1 Å². The fraction of sp³-hybridized carbons (Fsp3) is 0.143. The Morgan fingerprint density at radius 2 is 2.05 bits per heavy atom. The Bertz CT molecular complexity index is 693. The van der Waals surface area contributed by atoms with Gasteiger partial charge in [0.25, 0.3) is 10.0 Å². The van der Waals surface area contributed by atoms with Crippen LogP contribution in [0.25, 0.3) is 0 Å². The summed E-state index contributed by atoms with van der Waals surface area (Å²) >= 11 is 14.2. The number of aromatic nitrogens is 5. The number of halogens is 3. The summed E-state index contributed by atoms with van der Waals surface area (Å²) in [4.78, 5) is 7.31. The monoisotopic (exact) mass is 386 g/mol. The quantitative estimate of drug-likeness (QED) is 0.631. The maximum absolute atomic E-state index is 12.1. The summed E-state index contributed by atoms with van der Waals surface area (Å²) in [5.41, 5.74) is 0. The largest absolute Gasteiger partial charge is 0.283 e. The van der Waals surface area contributed by atoms with Gasteiger partial charge in [0.05, 0.1) is 0 Å². The third-order valence-electron chi connectivity index (χ3n) is 1.90. The molecule has 0 spiro atoms. The number of rotatable bonds is 3. The van der Waals surface area contributed by atoms with Gasteiger partial charge in [0.1, 0.15) is 11.0 Å². The third kappa shape index (κ3) is 3.14. The molecular formula is C7H5BrCl2N6O2S. The molecule has 0 amide bonds. The fourth-order valence-electron chi connectivity index (χ4n) is 1.24. The van der Waals surface area contributed by atoms with Crippen molar-refractivity contribution in [3.05, 3.63) is 21.1 Å². The predicted molar refractivity (Wildman–Crippen MR) is 71.6 cm³/mol. The molecule has 2 aromatic rings. The summed E-state index contributed by atoms with van der Waals surface area (Å²) in [5, 5.41) is 6.85. The topological polar surface area (TPSA) is 103 Å². The maximum Gasteiger partial charge on any atom is 0.283 e. The normalized spacial score (nSPS) is 11.6. The first-order chi connectivity index (χ1) is 8.79. The lowest BCUT2D eigenvalue weighted by Gasteiger charge is -2.07. The molecule has 12 heteroatoms. The zero-order valence-electron chi connectivity index (χ0n) is 9.17. The second-order valence-corrected chi connectivity index (χ2v) is 6.33. The van der Waals surface area contributed by atoms with Crippen LogP contribution in [0.3, 0.4) is 0 Å². The third-order valence-corrected chi connectivity index (χ3v) is 4.50. The van der Waals surface area contributed by atoms with E-state index in [0.29, 0.717) is 0 Å². The van der Waals surface area contributed by atoms with Crippen molar-refractivity contribution in [2.75, 3.05) is 4.72 Å². The fourth-order valence-corrected chi connectivity index (χ4v) is 3.74. The molecule has 8 nitrogen and oxygen atoms in total. The van der Waals surface area contributed by atoms with Crippen molar-refractivity contribution in [3.63, 3.8) is 0 Å². The van der Waals surface area contributed by atoms with Crippen molar-refractivity contribution in [1.29, 1.82) is 0 Å². The highest BCUT2D eigenvalue weighted by molar-refractivity contribution is 9.10. The standard InChI is InChI=1S/C7H5BrCl2N6O2S/c1-16-6(5(8)13-15-16)19(17,18)14-4-2-3(9)11-7(10)12-4/h2H,1H3,(H,11,12,14). The SMILES string of the molecule is Cn1nnc(Br)c1S(=O)(=O)Nc1cc(Cl)nc(Cl)n1. The second-order valence-electron chi connectivity index (χ2n) is 3.26. The number of anilines is 1. The summed E-state index contributed by atoms with van der Waals surface area (Å²) in [6.07, 6.45) is 0. The van der Waals surface area contributed by atoms with E-state index in [2.05, 4.69) is 40.9 Å².